The zero-order valence-electron chi connectivity index (χ0n) is 10.7. The number of hydrogen-bond acceptors (Lipinski definition) is 2. The van der Waals surface area contributed by atoms with Gasteiger partial charge in [-0.3, -0.25) is 4.79 Å². The molecule has 1 saturated carbocycles. The van der Waals surface area contributed by atoms with Gasteiger partial charge in [0.05, 0.1) is 11.8 Å². The van der Waals surface area contributed by atoms with Gasteiger partial charge in [0, 0.05) is 10.9 Å². The van der Waals surface area contributed by atoms with Crippen LogP contribution in [0.3, 0.4) is 0 Å². The number of carbonyl (C=O) groups is 1. The highest BCUT2D eigenvalue weighted by molar-refractivity contribution is 9.10. The number of amides is 1. The molecule has 3 nitrogen and oxygen atoms in total. The van der Waals surface area contributed by atoms with Crippen LogP contribution in [-0.2, 0) is 11.2 Å². The smallest absolute Gasteiger partial charge is 0.239 e. The van der Waals surface area contributed by atoms with Crippen molar-refractivity contribution in [3.05, 3.63) is 28.0 Å². The van der Waals surface area contributed by atoms with Gasteiger partial charge in [-0.1, -0.05) is 15.9 Å². The molecule has 0 saturated heterocycles. The molecule has 6 heteroatoms. The molecule has 1 aromatic rings. The minimum atomic E-state index is -0.499. The predicted molar refractivity (Wildman–Crippen MR) is 79.1 cm³/mol. The first-order valence-corrected chi connectivity index (χ1v) is 7.53. The van der Waals surface area contributed by atoms with E-state index >= 15 is 0 Å². The Kier molecular flexibility index (Phi) is 4.66. The number of benzene rings is 1. The van der Waals surface area contributed by atoms with Crippen molar-refractivity contribution in [2.45, 2.75) is 25.7 Å². The van der Waals surface area contributed by atoms with Crippen LogP contribution in [0.5, 0.6) is 0 Å². The second kappa shape index (κ2) is 6.11. The van der Waals surface area contributed by atoms with Crippen molar-refractivity contribution in [1.82, 2.24) is 0 Å². The SMILES string of the molecule is N#CCC1(Cc2cc(Br)cc(F)c2NC(=O)CCl)CC1. The van der Waals surface area contributed by atoms with E-state index in [2.05, 4.69) is 27.3 Å². The topological polar surface area (TPSA) is 52.9 Å². The number of rotatable bonds is 5. The van der Waals surface area contributed by atoms with Crippen molar-refractivity contribution < 1.29 is 9.18 Å². The van der Waals surface area contributed by atoms with Crippen LogP contribution >= 0.6 is 27.5 Å². The molecule has 0 unspecified atom stereocenters. The molecular weight excluding hydrogens is 347 g/mol. The Bertz CT molecular complexity index is 581. The molecule has 1 aromatic carbocycles. The van der Waals surface area contributed by atoms with Crippen molar-refractivity contribution in [3.8, 4) is 6.07 Å². The second-order valence-electron chi connectivity index (χ2n) is 5.12. The lowest BCUT2D eigenvalue weighted by Crippen LogP contribution is -2.17. The third-order valence-electron chi connectivity index (χ3n) is 3.50. The predicted octanol–water partition coefficient (Wildman–Crippen LogP) is 4.00. The van der Waals surface area contributed by atoms with E-state index in [1.165, 1.54) is 6.07 Å². The third-order valence-corrected chi connectivity index (χ3v) is 4.20. The summed E-state index contributed by atoms with van der Waals surface area (Å²) in [4.78, 5) is 11.4. The number of carbonyl (C=O) groups excluding carboxylic acids is 1. The van der Waals surface area contributed by atoms with Crippen molar-refractivity contribution >= 4 is 39.1 Å². The molecule has 0 aromatic heterocycles. The van der Waals surface area contributed by atoms with Crippen LogP contribution in [0.25, 0.3) is 0 Å². The van der Waals surface area contributed by atoms with Gasteiger partial charge in [0.15, 0.2) is 0 Å². The molecule has 1 aliphatic rings. The number of anilines is 1. The summed E-state index contributed by atoms with van der Waals surface area (Å²) in [7, 11) is 0. The van der Waals surface area contributed by atoms with Crippen LogP contribution in [0, 0.1) is 22.6 Å². The number of nitriles is 1. The lowest BCUT2D eigenvalue weighted by Gasteiger charge is -2.16. The van der Waals surface area contributed by atoms with Gasteiger partial charge >= 0.3 is 0 Å². The molecule has 1 amide bonds. The van der Waals surface area contributed by atoms with Crippen LogP contribution in [0.1, 0.15) is 24.8 Å². The Hall–Kier alpha value is -1.12. The molecule has 0 aliphatic heterocycles. The van der Waals surface area contributed by atoms with E-state index in [9.17, 15) is 9.18 Å². The van der Waals surface area contributed by atoms with Crippen LogP contribution in [0.4, 0.5) is 10.1 Å². The van der Waals surface area contributed by atoms with E-state index in [1.807, 2.05) is 0 Å². The molecule has 0 spiro atoms. The van der Waals surface area contributed by atoms with Crippen molar-refractivity contribution in [3.63, 3.8) is 0 Å². The molecule has 1 N–H and O–H groups in total. The highest BCUT2D eigenvalue weighted by Crippen LogP contribution is 2.52. The van der Waals surface area contributed by atoms with Crippen LogP contribution in [0.15, 0.2) is 16.6 Å². The fraction of sp³-hybridized carbons (Fsp3) is 0.429. The summed E-state index contributed by atoms with van der Waals surface area (Å²) in [5.74, 6) is -1.17. The average Bonchev–Trinajstić information content (AvgIpc) is 3.13. The molecule has 0 bridgehead atoms. The molecule has 106 valence electrons. The van der Waals surface area contributed by atoms with Gasteiger partial charge in [-0.15, -0.1) is 11.6 Å². The first-order chi connectivity index (χ1) is 9.49. The normalized spacial score (nSPS) is 15.5. The highest BCUT2D eigenvalue weighted by Gasteiger charge is 2.43. The summed E-state index contributed by atoms with van der Waals surface area (Å²) in [5, 5.41) is 11.4. The number of halogens is 3. The van der Waals surface area contributed by atoms with Gasteiger partial charge in [0.2, 0.25) is 5.91 Å². The first-order valence-electron chi connectivity index (χ1n) is 6.20. The second-order valence-corrected chi connectivity index (χ2v) is 6.30. The van der Waals surface area contributed by atoms with Gasteiger partial charge in [0.1, 0.15) is 11.7 Å². The fourth-order valence-electron chi connectivity index (χ4n) is 2.24. The maximum absolute atomic E-state index is 14.0. The Labute approximate surface area is 130 Å². The Balaban J connectivity index is 2.31. The number of nitrogens with one attached hydrogen (secondary N) is 1. The molecule has 20 heavy (non-hydrogen) atoms. The van der Waals surface area contributed by atoms with E-state index in [0.29, 0.717) is 22.9 Å². The number of hydrogen-bond donors (Lipinski definition) is 1. The molecule has 1 fully saturated rings. The van der Waals surface area contributed by atoms with Crippen molar-refractivity contribution in [2.75, 3.05) is 11.2 Å². The van der Waals surface area contributed by atoms with E-state index in [0.717, 1.165) is 12.8 Å². The molecular formula is C14H13BrClFN2O. The monoisotopic (exact) mass is 358 g/mol. The van der Waals surface area contributed by atoms with E-state index in [-0.39, 0.29) is 17.0 Å². The van der Waals surface area contributed by atoms with Crippen molar-refractivity contribution in [2.24, 2.45) is 5.41 Å². The van der Waals surface area contributed by atoms with Gasteiger partial charge in [-0.2, -0.15) is 5.26 Å². The maximum Gasteiger partial charge on any atom is 0.239 e. The maximum atomic E-state index is 14.0. The summed E-state index contributed by atoms with van der Waals surface area (Å²) in [6.45, 7) is 0. The summed E-state index contributed by atoms with van der Waals surface area (Å²) >= 11 is 8.70. The summed E-state index contributed by atoms with van der Waals surface area (Å²) in [6, 6.07) is 5.26. The first kappa shape index (κ1) is 15.3. The fourth-order valence-corrected chi connectivity index (χ4v) is 2.79. The lowest BCUT2D eigenvalue weighted by molar-refractivity contribution is -0.113. The zero-order valence-corrected chi connectivity index (χ0v) is 13.0. The minimum absolute atomic E-state index is 0.0670. The molecule has 0 atom stereocenters. The zero-order chi connectivity index (χ0) is 14.8. The Morgan fingerprint density at radius 1 is 1.55 bits per heavy atom. The number of alkyl halides is 1. The third kappa shape index (κ3) is 3.50. The van der Waals surface area contributed by atoms with Gasteiger partial charge in [-0.25, -0.2) is 4.39 Å². The standard InChI is InChI=1S/C14H13BrClFN2O/c15-10-5-9(7-14(1-2-14)3-4-18)13(11(17)6-10)19-12(20)8-16/h5-6H,1-3,7-8H2,(H,19,20). The highest BCUT2D eigenvalue weighted by atomic mass is 79.9. The number of nitrogens with zero attached hydrogens (tertiary/aromatic N) is 1. The van der Waals surface area contributed by atoms with Gasteiger partial charge < -0.3 is 5.32 Å². The minimum Gasteiger partial charge on any atom is -0.322 e. The quantitative estimate of drug-likeness (QED) is 0.808. The molecule has 1 aliphatic carbocycles. The van der Waals surface area contributed by atoms with Crippen LogP contribution in [-0.4, -0.2) is 11.8 Å². The molecule has 2 rings (SSSR count). The molecule has 0 radical (unpaired) electrons. The van der Waals surface area contributed by atoms with Gasteiger partial charge in [0.25, 0.3) is 0 Å². The van der Waals surface area contributed by atoms with Gasteiger partial charge in [-0.05, 0) is 42.4 Å². The lowest BCUT2D eigenvalue weighted by atomic mass is 9.92. The van der Waals surface area contributed by atoms with Crippen LogP contribution < -0.4 is 5.32 Å². The summed E-state index contributed by atoms with van der Waals surface area (Å²) in [6.07, 6.45) is 2.94. The van der Waals surface area contributed by atoms with E-state index < -0.39 is 11.7 Å². The Morgan fingerprint density at radius 3 is 2.80 bits per heavy atom. The van der Waals surface area contributed by atoms with Crippen LogP contribution in [0.2, 0.25) is 0 Å². The van der Waals surface area contributed by atoms with E-state index in [4.69, 9.17) is 16.9 Å². The largest absolute Gasteiger partial charge is 0.322 e. The Morgan fingerprint density at radius 2 is 2.25 bits per heavy atom. The van der Waals surface area contributed by atoms with Crippen molar-refractivity contribution in [1.29, 1.82) is 5.26 Å². The van der Waals surface area contributed by atoms with E-state index in [1.54, 1.807) is 6.07 Å². The summed E-state index contributed by atoms with van der Waals surface area (Å²) in [5.41, 5.74) is 0.800. The summed E-state index contributed by atoms with van der Waals surface area (Å²) < 4.78 is 14.6. The molecule has 0 heterocycles. The average molecular weight is 360 g/mol.